The zero-order valence-corrected chi connectivity index (χ0v) is 16.2. The number of aliphatic hydroxyl groups is 1. The quantitative estimate of drug-likeness (QED) is 0.842. The summed E-state index contributed by atoms with van der Waals surface area (Å²) in [6.07, 6.45) is 3.88. The number of likely N-dealkylation sites (tertiary alicyclic amines) is 1. The zero-order valence-electron chi connectivity index (χ0n) is 15.4. The van der Waals surface area contributed by atoms with Gasteiger partial charge in [0.05, 0.1) is 6.10 Å². The molecule has 1 N–H and O–H groups in total. The molecule has 0 spiro atoms. The number of ether oxygens (including phenoxy) is 1. The van der Waals surface area contributed by atoms with E-state index >= 15 is 0 Å². The number of hydrogen-bond donors (Lipinski definition) is 1. The Morgan fingerprint density at radius 3 is 2.35 bits per heavy atom. The maximum absolute atomic E-state index is 12.0. The minimum atomic E-state index is -1.10. The lowest BCUT2D eigenvalue weighted by atomic mass is 9.62. The van der Waals surface area contributed by atoms with Crippen LogP contribution in [0.15, 0.2) is 48.5 Å². The van der Waals surface area contributed by atoms with Crippen LogP contribution in [0.2, 0.25) is 5.02 Å². The van der Waals surface area contributed by atoms with E-state index in [2.05, 4.69) is 18.9 Å². The molecule has 2 aromatic rings. The van der Waals surface area contributed by atoms with Crippen molar-refractivity contribution >= 4 is 11.6 Å². The van der Waals surface area contributed by atoms with Crippen molar-refractivity contribution in [3.63, 3.8) is 0 Å². The summed E-state index contributed by atoms with van der Waals surface area (Å²) in [6, 6.07) is 15.6. The Kier molecular flexibility index (Phi) is 4.50. The fourth-order valence-corrected chi connectivity index (χ4v) is 4.60. The van der Waals surface area contributed by atoms with E-state index in [4.69, 9.17) is 16.3 Å². The largest absolute Gasteiger partial charge is 0.490 e. The monoisotopic (exact) mass is 371 g/mol. The van der Waals surface area contributed by atoms with Crippen LogP contribution >= 0.6 is 11.6 Å². The maximum atomic E-state index is 12.0. The summed E-state index contributed by atoms with van der Waals surface area (Å²) in [5, 5.41) is 12.6. The number of benzene rings is 2. The van der Waals surface area contributed by atoms with Crippen molar-refractivity contribution in [2.45, 2.75) is 37.9 Å². The summed E-state index contributed by atoms with van der Waals surface area (Å²) in [5.41, 5.74) is 0.354. The predicted molar refractivity (Wildman–Crippen MR) is 105 cm³/mol. The summed E-state index contributed by atoms with van der Waals surface area (Å²) < 4.78 is 5.97. The summed E-state index contributed by atoms with van der Waals surface area (Å²) >= 11 is 6.24. The minimum absolute atomic E-state index is 0.275. The van der Waals surface area contributed by atoms with E-state index in [9.17, 15) is 5.11 Å². The average Bonchev–Trinajstić information content (AvgIpc) is 2.56. The summed E-state index contributed by atoms with van der Waals surface area (Å²) in [4.78, 5) is 2.23. The summed E-state index contributed by atoms with van der Waals surface area (Å²) in [5.74, 6) is 0.878. The van der Waals surface area contributed by atoms with Gasteiger partial charge in [-0.25, -0.2) is 0 Å². The number of nitrogens with zero attached hydrogens (tertiary/aromatic N) is 1. The molecule has 0 aromatic heterocycles. The van der Waals surface area contributed by atoms with Crippen LogP contribution in [-0.2, 0) is 5.60 Å². The van der Waals surface area contributed by atoms with Crippen LogP contribution in [-0.4, -0.2) is 36.2 Å². The van der Waals surface area contributed by atoms with Gasteiger partial charge in [-0.05, 0) is 61.7 Å². The van der Waals surface area contributed by atoms with Crippen LogP contribution in [0.4, 0.5) is 0 Å². The van der Waals surface area contributed by atoms with Crippen LogP contribution in [0.1, 0.15) is 37.3 Å². The smallest absolute Gasteiger partial charge is 0.122 e. The molecule has 26 heavy (non-hydrogen) atoms. The molecule has 1 atom stereocenters. The molecule has 138 valence electrons. The van der Waals surface area contributed by atoms with Crippen molar-refractivity contribution in [1.82, 2.24) is 4.90 Å². The first kappa shape index (κ1) is 17.8. The first-order chi connectivity index (χ1) is 12.4. The van der Waals surface area contributed by atoms with Gasteiger partial charge in [0, 0.05) is 23.5 Å². The summed E-state index contributed by atoms with van der Waals surface area (Å²) in [6.45, 7) is 3.80. The third-order valence-electron chi connectivity index (χ3n) is 5.98. The molecule has 2 aromatic carbocycles. The Balaban J connectivity index is 1.71. The van der Waals surface area contributed by atoms with Crippen molar-refractivity contribution in [2.24, 2.45) is 5.41 Å². The van der Waals surface area contributed by atoms with Gasteiger partial charge in [0.15, 0.2) is 0 Å². The molecule has 1 saturated heterocycles. The normalized spacial score (nSPS) is 22.2. The molecule has 4 rings (SSSR count). The van der Waals surface area contributed by atoms with E-state index in [0.29, 0.717) is 11.1 Å². The van der Waals surface area contributed by atoms with Gasteiger partial charge in [0.2, 0.25) is 0 Å². The second-order valence-corrected chi connectivity index (χ2v) is 8.59. The Hall–Kier alpha value is -1.55. The summed E-state index contributed by atoms with van der Waals surface area (Å²) in [7, 11) is 2.08. The van der Waals surface area contributed by atoms with Gasteiger partial charge in [0.25, 0.3) is 0 Å². The zero-order chi connectivity index (χ0) is 18.4. The number of rotatable bonds is 5. The van der Waals surface area contributed by atoms with Crippen molar-refractivity contribution in [1.29, 1.82) is 0 Å². The van der Waals surface area contributed by atoms with Crippen LogP contribution in [0.3, 0.4) is 0 Å². The van der Waals surface area contributed by atoms with Gasteiger partial charge in [-0.2, -0.15) is 0 Å². The van der Waals surface area contributed by atoms with E-state index in [-0.39, 0.29) is 5.41 Å². The topological polar surface area (TPSA) is 32.7 Å². The van der Waals surface area contributed by atoms with Crippen molar-refractivity contribution < 1.29 is 9.84 Å². The van der Waals surface area contributed by atoms with Gasteiger partial charge in [-0.15, -0.1) is 0 Å². The molecule has 0 amide bonds. The van der Waals surface area contributed by atoms with Crippen molar-refractivity contribution in [3.8, 4) is 5.75 Å². The lowest BCUT2D eigenvalue weighted by Gasteiger charge is -2.56. The second kappa shape index (κ2) is 6.56. The first-order valence-corrected chi connectivity index (χ1v) is 9.73. The van der Waals surface area contributed by atoms with Gasteiger partial charge in [-0.3, -0.25) is 0 Å². The van der Waals surface area contributed by atoms with Crippen molar-refractivity contribution in [3.05, 3.63) is 64.7 Å². The third-order valence-corrected chi connectivity index (χ3v) is 6.22. The van der Waals surface area contributed by atoms with Crippen LogP contribution in [0.5, 0.6) is 5.75 Å². The third kappa shape index (κ3) is 2.92. The molecule has 1 unspecified atom stereocenters. The van der Waals surface area contributed by atoms with Gasteiger partial charge in [-0.1, -0.05) is 42.8 Å². The maximum Gasteiger partial charge on any atom is 0.122 e. The van der Waals surface area contributed by atoms with E-state index in [1.54, 1.807) is 0 Å². The standard InChI is InChI=1S/C22H26ClNO2/c1-21(14-24(2)15-21)22(25,17-5-3-6-18(23)13-17)16-9-11-20(12-10-16)26-19-7-4-8-19/h3,5-6,9-13,19,25H,4,7-8,14-15H2,1-2H3. The molecule has 1 heterocycles. The predicted octanol–water partition coefficient (Wildman–Crippen LogP) is 4.46. The van der Waals surface area contributed by atoms with Gasteiger partial charge >= 0.3 is 0 Å². The van der Waals surface area contributed by atoms with Crippen LogP contribution in [0, 0.1) is 5.41 Å². The number of hydrogen-bond acceptors (Lipinski definition) is 3. The fourth-order valence-electron chi connectivity index (χ4n) is 4.41. The molecule has 2 fully saturated rings. The lowest BCUT2D eigenvalue weighted by molar-refractivity contribution is -0.127. The van der Waals surface area contributed by atoms with Gasteiger partial charge in [0.1, 0.15) is 11.4 Å². The van der Waals surface area contributed by atoms with Gasteiger partial charge < -0.3 is 14.7 Å². The fraction of sp³-hybridized carbons (Fsp3) is 0.455. The number of halogens is 1. The van der Waals surface area contributed by atoms with E-state index < -0.39 is 5.60 Å². The molecule has 1 aliphatic heterocycles. The highest BCUT2D eigenvalue weighted by molar-refractivity contribution is 6.30. The Bertz CT molecular complexity index is 781. The molecule has 1 aliphatic carbocycles. The molecule has 0 bridgehead atoms. The first-order valence-electron chi connectivity index (χ1n) is 9.35. The molecule has 2 aliphatic rings. The SMILES string of the molecule is CN1CC(C)(C(O)(c2ccc(OC3CCC3)cc2)c2cccc(Cl)c2)C1. The second-order valence-electron chi connectivity index (χ2n) is 8.15. The molecular weight excluding hydrogens is 346 g/mol. The molecule has 4 heteroatoms. The highest BCUT2D eigenvalue weighted by Gasteiger charge is 2.55. The van der Waals surface area contributed by atoms with Crippen LogP contribution in [0.25, 0.3) is 0 Å². The Labute approximate surface area is 160 Å². The average molecular weight is 372 g/mol. The van der Waals surface area contributed by atoms with E-state index in [1.165, 1.54) is 6.42 Å². The van der Waals surface area contributed by atoms with E-state index in [1.807, 2.05) is 48.5 Å². The van der Waals surface area contributed by atoms with E-state index in [0.717, 1.165) is 42.8 Å². The van der Waals surface area contributed by atoms with Crippen molar-refractivity contribution in [2.75, 3.05) is 20.1 Å². The lowest BCUT2D eigenvalue weighted by Crippen LogP contribution is -2.63. The Morgan fingerprint density at radius 2 is 1.81 bits per heavy atom. The molecular formula is C22H26ClNO2. The Morgan fingerprint density at radius 1 is 1.12 bits per heavy atom. The van der Waals surface area contributed by atoms with Crippen LogP contribution < -0.4 is 4.74 Å². The molecule has 1 saturated carbocycles. The molecule has 0 radical (unpaired) electrons. The minimum Gasteiger partial charge on any atom is -0.490 e. The molecule has 3 nitrogen and oxygen atoms in total. The highest BCUT2D eigenvalue weighted by Crippen LogP contribution is 2.50. The highest BCUT2D eigenvalue weighted by atomic mass is 35.5.